The fourth-order valence-electron chi connectivity index (χ4n) is 2.31. The highest BCUT2D eigenvalue weighted by Gasteiger charge is 2.12. The van der Waals surface area contributed by atoms with Crippen molar-refractivity contribution in [3.05, 3.63) is 29.3 Å². The number of anilines is 1. The Labute approximate surface area is 109 Å². The average Bonchev–Trinajstić information content (AvgIpc) is 2.38. The first kappa shape index (κ1) is 12.9. The van der Waals surface area contributed by atoms with Gasteiger partial charge in [0.05, 0.1) is 0 Å². The number of rotatable bonds is 4. The second kappa shape index (κ2) is 5.89. The van der Waals surface area contributed by atoms with Crippen molar-refractivity contribution < 1.29 is 4.79 Å². The number of nitrogens with one attached hydrogen (secondary N) is 2. The molecule has 0 saturated carbocycles. The summed E-state index contributed by atoms with van der Waals surface area (Å²) < 4.78 is 0. The normalized spacial score (nSPS) is 13.9. The van der Waals surface area contributed by atoms with E-state index in [9.17, 15) is 4.79 Å². The van der Waals surface area contributed by atoms with Crippen molar-refractivity contribution in [3.8, 4) is 0 Å². The van der Waals surface area contributed by atoms with Crippen LogP contribution >= 0.6 is 0 Å². The Morgan fingerprint density at radius 3 is 3.06 bits per heavy atom. The summed E-state index contributed by atoms with van der Waals surface area (Å²) in [7, 11) is 0. The molecule has 1 aliphatic rings. The molecule has 0 atom stereocenters. The zero-order chi connectivity index (χ0) is 13.0. The molecule has 0 bridgehead atoms. The van der Waals surface area contributed by atoms with Crippen LogP contribution in [-0.4, -0.2) is 19.0 Å². The lowest BCUT2D eigenvalue weighted by atomic mass is 9.98. The van der Waals surface area contributed by atoms with Crippen molar-refractivity contribution in [1.29, 1.82) is 0 Å². The number of aryl methyl sites for hydroxylation is 1. The predicted octanol–water partition coefficient (Wildman–Crippen LogP) is 2.36. The minimum Gasteiger partial charge on any atom is -0.385 e. The average molecular weight is 246 g/mol. The summed E-state index contributed by atoms with van der Waals surface area (Å²) in [5, 5.41) is 6.45. The van der Waals surface area contributed by atoms with E-state index in [-0.39, 0.29) is 11.8 Å². The molecule has 0 unspecified atom stereocenters. The number of hydrogen-bond donors (Lipinski definition) is 2. The van der Waals surface area contributed by atoms with Gasteiger partial charge in [0.25, 0.3) is 0 Å². The zero-order valence-corrected chi connectivity index (χ0v) is 11.3. The van der Waals surface area contributed by atoms with Gasteiger partial charge in [0.15, 0.2) is 0 Å². The molecule has 1 aromatic carbocycles. The Balaban J connectivity index is 1.95. The second-order valence-electron chi connectivity index (χ2n) is 5.18. The van der Waals surface area contributed by atoms with Crippen LogP contribution in [0.1, 0.15) is 31.4 Å². The first-order chi connectivity index (χ1) is 8.68. The minimum atomic E-state index is 0.0628. The highest BCUT2D eigenvalue weighted by Crippen LogP contribution is 2.26. The third-order valence-electron chi connectivity index (χ3n) is 3.38. The molecule has 0 fully saturated rings. The van der Waals surface area contributed by atoms with Crippen LogP contribution in [0.5, 0.6) is 0 Å². The van der Waals surface area contributed by atoms with Gasteiger partial charge in [-0.05, 0) is 30.4 Å². The van der Waals surface area contributed by atoms with E-state index in [1.54, 1.807) is 0 Å². The Kier molecular flexibility index (Phi) is 4.24. The van der Waals surface area contributed by atoms with Crippen molar-refractivity contribution in [2.75, 3.05) is 18.4 Å². The van der Waals surface area contributed by atoms with Gasteiger partial charge in [0.2, 0.25) is 5.91 Å². The zero-order valence-electron chi connectivity index (χ0n) is 11.3. The Morgan fingerprint density at radius 2 is 2.28 bits per heavy atom. The predicted molar refractivity (Wildman–Crippen MR) is 74.8 cm³/mol. The number of hydrogen-bond acceptors (Lipinski definition) is 2. The molecule has 0 radical (unpaired) electrons. The standard InChI is InChI=1S/C15H22N2O/c1-11(2)15(18)17-10-8-13-6-3-5-12-7-4-9-16-14(12)13/h3,5-6,11,16H,4,7-10H2,1-2H3,(H,17,18). The Hall–Kier alpha value is -1.51. The monoisotopic (exact) mass is 246 g/mol. The molecule has 0 aromatic heterocycles. The van der Waals surface area contributed by atoms with Crippen molar-refractivity contribution >= 4 is 11.6 Å². The lowest BCUT2D eigenvalue weighted by Gasteiger charge is -2.21. The summed E-state index contributed by atoms with van der Waals surface area (Å²) in [6.07, 6.45) is 3.27. The number of para-hydroxylation sites is 1. The van der Waals surface area contributed by atoms with Crippen LogP contribution in [0.25, 0.3) is 0 Å². The molecule has 2 N–H and O–H groups in total. The van der Waals surface area contributed by atoms with E-state index in [2.05, 4.69) is 28.8 Å². The molecule has 0 spiro atoms. The van der Waals surface area contributed by atoms with Crippen molar-refractivity contribution in [2.24, 2.45) is 5.92 Å². The van der Waals surface area contributed by atoms with Crippen molar-refractivity contribution in [1.82, 2.24) is 5.32 Å². The summed E-state index contributed by atoms with van der Waals surface area (Å²) in [4.78, 5) is 11.5. The molecular weight excluding hydrogens is 224 g/mol. The molecule has 1 aliphatic heterocycles. The van der Waals surface area contributed by atoms with Gasteiger partial charge in [-0.1, -0.05) is 32.0 Å². The van der Waals surface area contributed by atoms with Gasteiger partial charge in [-0.2, -0.15) is 0 Å². The summed E-state index contributed by atoms with van der Waals surface area (Å²) >= 11 is 0. The third kappa shape index (κ3) is 3.03. The number of amides is 1. The fraction of sp³-hybridized carbons (Fsp3) is 0.533. The van der Waals surface area contributed by atoms with Crippen LogP contribution in [0.15, 0.2) is 18.2 Å². The fourth-order valence-corrected chi connectivity index (χ4v) is 2.31. The lowest BCUT2D eigenvalue weighted by Crippen LogP contribution is -2.29. The van der Waals surface area contributed by atoms with Gasteiger partial charge in [-0.15, -0.1) is 0 Å². The van der Waals surface area contributed by atoms with E-state index < -0.39 is 0 Å². The largest absolute Gasteiger partial charge is 0.385 e. The molecule has 98 valence electrons. The molecule has 3 nitrogen and oxygen atoms in total. The Bertz CT molecular complexity index is 427. The first-order valence-corrected chi connectivity index (χ1v) is 6.81. The van der Waals surface area contributed by atoms with E-state index in [1.165, 1.54) is 23.2 Å². The van der Waals surface area contributed by atoms with Crippen LogP contribution in [0.4, 0.5) is 5.69 Å². The highest BCUT2D eigenvalue weighted by atomic mass is 16.1. The molecule has 3 heteroatoms. The van der Waals surface area contributed by atoms with Crippen molar-refractivity contribution in [3.63, 3.8) is 0 Å². The SMILES string of the molecule is CC(C)C(=O)NCCc1cccc2c1NCCC2. The quantitative estimate of drug-likeness (QED) is 0.856. The van der Waals surface area contributed by atoms with Crippen molar-refractivity contribution in [2.45, 2.75) is 33.1 Å². The molecule has 18 heavy (non-hydrogen) atoms. The molecule has 1 heterocycles. The van der Waals surface area contributed by atoms with Gasteiger partial charge in [-0.3, -0.25) is 4.79 Å². The molecule has 0 saturated heterocycles. The molecule has 2 rings (SSSR count). The Morgan fingerprint density at radius 1 is 1.44 bits per heavy atom. The second-order valence-corrected chi connectivity index (χ2v) is 5.18. The van der Waals surface area contributed by atoms with Gasteiger partial charge in [0, 0.05) is 24.7 Å². The van der Waals surface area contributed by atoms with Gasteiger partial charge >= 0.3 is 0 Å². The molecule has 1 amide bonds. The van der Waals surface area contributed by atoms with Crippen LogP contribution in [0.2, 0.25) is 0 Å². The number of carbonyl (C=O) groups is 1. The van der Waals surface area contributed by atoms with Crippen LogP contribution in [-0.2, 0) is 17.6 Å². The topological polar surface area (TPSA) is 41.1 Å². The maximum atomic E-state index is 11.5. The van der Waals surface area contributed by atoms with E-state index in [0.717, 1.165) is 25.9 Å². The first-order valence-electron chi connectivity index (χ1n) is 6.81. The highest BCUT2D eigenvalue weighted by molar-refractivity contribution is 5.77. The molecular formula is C15H22N2O. The number of carbonyl (C=O) groups excluding carboxylic acids is 1. The van der Waals surface area contributed by atoms with Crippen LogP contribution in [0, 0.1) is 5.92 Å². The molecule has 1 aromatic rings. The smallest absolute Gasteiger partial charge is 0.222 e. The van der Waals surface area contributed by atoms with Crippen LogP contribution < -0.4 is 10.6 Å². The maximum absolute atomic E-state index is 11.5. The third-order valence-corrected chi connectivity index (χ3v) is 3.38. The minimum absolute atomic E-state index is 0.0628. The van der Waals surface area contributed by atoms with Gasteiger partial charge in [-0.25, -0.2) is 0 Å². The summed E-state index contributed by atoms with van der Waals surface area (Å²) in [6, 6.07) is 6.46. The number of benzene rings is 1. The summed E-state index contributed by atoms with van der Waals surface area (Å²) in [6.45, 7) is 5.61. The van der Waals surface area contributed by atoms with E-state index >= 15 is 0 Å². The van der Waals surface area contributed by atoms with E-state index in [1.807, 2.05) is 13.8 Å². The van der Waals surface area contributed by atoms with E-state index in [0.29, 0.717) is 0 Å². The molecule has 0 aliphatic carbocycles. The summed E-state index contributed by atoms with van der Waals surface area (Å²) in [5.41, 5.74) is 4.02. The van der Waals surface area contributed by atoms with Crippen LogP contribution in [0.3, 0.4) is 0 Å². The van der Waals surface area contributed by atoms with Gasteiger partial charge in [0.1, 0.15) is 0 Å². The lowest BCUT2D eigenvalue weighted by molar-refractivity contribution is -0.123. The summed E-state index contributed by atoms with van der Waals surface area (Å²) in [5.74, 6) is 0.195. The maximum Gasteiger partial charge on any atom is 0.222 e. The van der Waals surface area contributed by atoms with E-state index in [4.69, 9.17) is 0 Å². The number of fused-ring (bicyclic) bond motifs is 1. The van der Waals surface area contributed by atoms with Gasteiger partial charge < -0.3 is 10.6 Å².